The predicted molar refractivity (Wildman–Crippen MR) is 74.3 cm³/mol. The SMILES string of the molecule is Cc1cccc(C(O)CNCc2ccccc2)c1. The molecular formula is C16H19NO. The molecule has 0 amide bonds. The molecule has 0 aliphatic heterocycles. The van der Waals surface area contributed by atoms with E-state index in [2.05, 4.69) is 17.4 Å². The number of aliphatic hydroxyl groups excluding tert-OH is 1. The van der Waals surface area contributed by atoms with Crippen molar-refractivity contribution in [1.82, 2.24) is 5.32 Å². The molecule has 0 fully saturated rings. The van der Waals surface area contributed by atoms with Crippen LogP contribution in [0.1, 0.15) is 22.8 Å². The first-order valence-corrected chi connectivity index (χ1v) is 6.25. The second kappa shape index (κ2) is 6.34. The summed E-state index contributed by atoms with van der Waals surface area (Å²) in [6, 6.07) is 18.2. The van der Waals surface area contributed by atoms with Crippen LogP contribution in [-0.4, -0.2) is 11.7 Å². The molecule has 2 rings (SSSR count). The van der Waals surface area contributed by atoms with Crippen molar-refractivity contribution in [3.05, 3.63) is 71.3 Å². The lowest BCUT2D eigenvalue weighted by molar-refractivity contribution is 0.174. The van der Waals surface area contributed by atoms with Crippen LogP contribution in [0, 0.1) is 6.92 Å². The molecule has 0 spiro atoms. The van der Waals surface area contributed by atoms with Gasteiger partial charge in [0.15, 0.2) is 0 Å². The van der Waals surface area contributed by atoms with Gasteiger partial charge in [0.2, 0.25) is 0 Å². The minimum absolute atomic E-state index is 0.450. The number of nitrogens with one attached hydrogen (secondary N) is 1. The highest BCUT2D eigenvalue weighted by molar-refractivity contribution is 5.24. The van der Waals surface area contributed by atoms with Crippen molar-refractivity contribution in [1.29, 1.82) is 0 Å². The van der Waals surface area contributed by atoms with Crippen LogP contribution in [0.4, 0.5) is 0 Å². The summed E-state index contributed by atoms with van der Waals surface area (Å²) >= 11 is 0. The van der Waals surface area contributed by atoms with E-state index in [1.807, 2.05) is 49.4 Å². The molecule has 0 bridgehead atoms. The van der Waals surface area contributed by atoms with Crippen molar-refractivity contribution >= 4 is 0 Å². The number of hydrogen-bond acceptors (Lipinski definition) is 2. The Morgan fingerprint density at radius 1 is 1.06 bits per heavy atom. The van der Waals surface area contributed by atoms with Gasteiger partial charge in [0.05, 0.1) is 6.10 Å². The molecule has 0 aliphatic carbocycles. The first kappa shape index (κ1) is 12.8. The summed E-state index contributed by atoms with van der Waals surface area (Å²) in [6.07, 6.45) is -0.450. The smallest absolute Gasteiger partial charge is 0.0914 e. The van der Waals surface area contributed by atoms with Crippen molar-refractivity contribution in [2.24, 2.45) is 0 Å². The molecule has 0 heterocycles. The van der Waals surface area contributed by atoms with Crippen LogP contribution < -0.4 is 5.32 Å². The molecule has 18 heavy (non-hydrogen) atoms. The first-order chi connectivity index (χ1) is 8.75. The number of aryl methyl sites for hydroxylation is 1. The monoisotopic (exact) mass is 241 g/mol. The van der Waals surface area contributed by atoms with Crippen molar-refractivity contribution in [3.63, 3.8) is 0 Å². The fourth-order valence-corrected chi connectivity index (χ4v) is 1.94. The molecule has 2 nitrogen and oxygen atoms in total. The van der Waals surface area contributed by atoms with Gasteiger partial charge in [0, 0.05) is 13.1 Å². The highest BCUT2D eigenvalue weighted by Gasteiger charge is 2.06. The van der Waals surface area contributed by atoms with Crippen molar-refractivity contribution < 1.29 is 5.11 Å². The molecule has 0 saturated heterocycles. The van der Waals surface area contributed by atoms with E-state index in [1.54, 1.807) is 0 Å². The quantitative estimate of drug-likeness (QED) is 0.843. The highest BCUT2D eigenvalue weighted by Crippen LogP contribution is 2.13. The predicted octanol–water partition coefficient (Wildman–Crippen LogP) is 2.82. The van der Waals surface area contributed by atoms with Gasteiger partial charge < -0.3 is 10.4 Å². The zero-order chi connectivity index (χ0) is 12.8. The summed E-state index contributed by atoms with van der Waals surface area (Å²) in [4.78, 5) is 0. The Kier molecular flexibility index (Phi) is 4.51. The lowest BCUT2D eigenvalue weighted by Crippen LogP contribution is -2.21. The third kappa shape index (κ3) is 3.69. The van der Waals surface area contributed by atoms with Gasteiger partial charge in [-0.25, -0.2) is 0 Å². The van der Waals surface area contributed by atoms with Gasteiger partial charge in [-0.2, -0.15) is 0 Å². The van der Waals surface area contributed by atoms with Gasteiger partial charge in [-0.3, -0.25) is 0 Å². The average Bonchev–Trinajstić information content (AvgIpc) is 2.40. The molecule has 2 N–H and O–H groups in total. The maximum atomic E-state index is 10.1. The third-order valence-electron chi connectivity index (χ3n) is 2.94. The van der Waals surface area contributed by atoms with E-state index >= 15 is 0 Å². The normalized spacial score (nSPS) is 12.3. The maximum Gasteiger partial charge on any atom is 0.0914 e. The fraction of sp³-hybridized carbons (Fsp3) is 0.250. The number of rotatable bonds is 5. The standard InChI is InChI=1S/C16H19NO/c1-13-6-5-9-15(10-13)16(18)12-17-11-14-7-3-2-4-8-14/h2-10,16-18H,11-12H2,1H3. The molecule has 1 atom stereocenters. The summed E-state index contributed by atoms with van der Waals surface area (Å²) in [7, 11) is 0. The second-order valence-corrected chi connectivity index (χ2v) is 4.55. The van der Waals surface area contributed by atoms with E-state index in [-0.39, 0.29) is 0 Å². The van der Waals surface area contributed by atoms with Gasteiger partial charge in [0.25, 0.3) is 0 Å². The van der Waals surface area contributed by atoms with Gasteiger partial charge in [-0.1, -0.05) is 60.2 Å². The van der Waals surface area contributed by atoms with Gasteiger partial charge >= 0.3 is 0 Å². The van der Waals surface area contributed by atoms with Crippen LogP contribution in [-0.2, 0) is 6.54 Å². The molecule has 2 aromatic rings. The molecule has 0 aromatic heterocycles. The van der Waals surface area contributed by atoms with E-state index in [4.69, 9.17) is 0 Å². The molecule has 2 aromatic carbocycles. The first-order valence-electron chi connectivity index (χ1n) is 6.25. The largest absolute Gasteiger partial charge is 0.387 e. The minimum atomic E-state index is -0.450. The molecule has 2 heteroatoms. The van der Waals surface area contributed by atoms with E-state index < -0.39 is 6.10 Å². The van der Waals surface area contributed by atoms with E-state index in [9.17, 15) is 5.11 Å². The molecular weight excluding hydrogens is 222 g/mol. The van der Waals surface area contributed by atoms with Crippen LogP contribution in [0.2, 0.25) is 0 Å². The van der Waals surface area contributed by atoms with Crippen molar-refractivity contribution in [2.75, 3.05) is 6.54 Å². The molecule has 0 radical (unpaired) electrons. The fourth-order valence-electron chi connectivity index (χ4n) is 1.94. The van der Waals surface area contributed by atoms with E-state index in [0.717, 1.165) is 12.1 Å². The van der Waals surface area contributed by atoms with Crippen molar-refractivity contribution in [2.45, 2.75) is 19.6 Å². The van der Waals surface area contributed by atoms with Crippen molar-refractivity contribution in [3.8, 4) is 0 Å². The number of aliphatic hydroxyl groups is 1. The lowest BCUT2D eigenvalue weighted by atomic mass is 10.1. The Hall–Kier alpha value is -1.64. The molecule has 0 aliphatic rings. The van der Waals surface area contributed by atoms with Gasteiger partial charge in [-0.15, -0.1) is 0 Å². The number of hydrogen-bond donors (Lipinski definition) is 2. The summed E-state index contributed by atoms with van der Waals surface area (Å²) in [5.74, 6) is 0. The second-order valence-electron chi connectivity index (χ2n) is 4.55. The average molecular weight is 241 g/mol. The topological polar surface area (TPSA) is 32.3 Å². The van der Waals surface area contributed by atoms with E-state index in [1.165, 1.54) is 11.1 Å². The van der Waals surface area contributed by atoms with Crippen LogP contribution in [0.25, 0.3) is 0 Å². The van der Waals surface area contributed by atoms with Gasteiger partial charge in [-0.05, 0) is 18.1 Å². The Morgan fingerprint density at radius 3 is 2.56 bits per heavy atom. The highest BCUT2D eigenvalue weighted by atomic mass is 16.3. The Morgan fingerprint density at radius 2 is 1.83 bits per heavy atom. The lowest BCUT2D eigenvalue weighted by Gasteiger charge is -2.12. The van der Waals surface area contributed by atoms with Crippen LogP contribution in [0.3, 0.4) is 0 Å². The zero-order valence-corrected chi connectivity index (χ0v) is 10.6. The van der Waals surface area contributed by atoms with E-state index in [0.29, 0.717) is 6.54 Å². The molecule has 94 valence electrons. The van der Waals surface area contributed by atoms with Crippen LogP contribution in [0.15, 0.2) is 54.6 Å². The number of benzene rings is 2. The maximum absolute atomic E-state index is 10.1. The zero-order valence-electron chi connectivity index (χ0n) is 10.6. The van der Waals surface area contributed by atoms with Crippen LogP contribution >= 0.6 is 0 Å². The Bertz CT molecular complexity index is 481. The Labute approximate surface area is 108 Å². The molecule has 1 unspecified atom stereocenters. The molecule has 0 saturated carbocycles. The summed E-state index contributed by atoms with van der Waals surface area (Å²) < 4.78 is 0. The summed E-state index contributed by atoms with van der Waals surface area (Å²) in [5, 5.41) is 13.3. The van der Waals surface area contributed by atoms with Crippen LogP contribution in [0.5, 0.6) is 0 Å². The third-order valence-corrected chi connectivity index (χ3v) is 2.94. The summed E-state index contributed by atoms with van der Waals surface area (Å²) in [6.45, 7) is 3.38. The van der Waals surface area contributed by atoms with Gasteiger partial charge in [0.1, 0.15) is 0 Å². The minimum Gasteiger partial charge on any atom is -0.387 e. The summed E-state index contributed by atoms with van der Waals surface area (Å²) in [5.41, 5.74) is 3.37. The Balaban J connectivity index is 1.83.